The molecule has 1 unspecified atom stereocenters. The van der Waals surface area contributed by atoms with Crippen LogP contribution < -0.4 is 5.32 Å². The predicted molar refractivity (Wildman–Crippen MR) is 154 cm³/mol. The van der Waals surface area contributed by atoms with Crippen LogP contribution >= 0.6 is 0 Å². The van der Waals surface area contributed by atoms with Crippen molar-refractivity contribution in [3.05, 3.63) is 71.5 Å². The van der Waals surface area contributed by atoms with Gasteiger partial charge in [0.25, 0.3) is 11.8 Å². The Hall–Kier alpha value is -3.64. The summed E-state index contributed by atoms with van der Waals surface area (Å²) >= 11 is 0. The van der Waals surface area contributed by atoms with Crippen molar-refractivity contribution >= 4 is 44.8 Å². The van der Waals surface area contributed by atoms with Crippen LogP contribution in [-0.4, -0.2) is 46.5 Å². The third-order valence-electron chi connectivity index (χ3n) is 8.19. The molecule has 2 aliphatic rings. The van der Waals surface area contributed by atoms with Crippen molar-refractivity contribution in [2.75, 3.05) is 20.6 Å². The van der Waals surface area contributed by atoms with E-state index in [2.05, 4.69) is 76.9 Å². The monoisotopic (exact) mass is 508 g/mol. The van der Waals surface area contributed by atoms with Crippen LogP contribution in [0.25, 0.3) is 33.0 Å². The van der Waals surface area contributed by atoms with Crippen LogP contribution in [0.3, 0.4) is 0 Å². The zero-order valence-corrected chi connectivity index (χ0v) is 22.6. The van der Waals surface area contributed by atoms with E-state index in [4.69, 9.17) is 0 Å². The molecule has 196 valence electrons. The fraction of sp³-hybridized carbons (Fsp3) is 0.375. The first-order chi connectivity index (χ1) is 18.5. The number of amides is 2. The molecule has 6 nitrogen and oxygen atoms in total. The van der Waals surface area contributed by atoms with E-state index in [9.17, 15) is 9.59 Å². The number of imide groups is 1. The average Bonchev–Trinajstić information content (AvgIpc) is 3.52. The van der Waals surface area contributed by atoms with Gasteiger partial charge in [-0.05, 0) is 51.4 Å². The second-order valence-corrected chi connectivity index (χ2v) is 11.1. The standard InChI is InChI=1S/C32H36N4O2/c1-4-5-10-16-35-20-24(22-11-6-8-13-25(22)35)29-30(32(38)33-31(29)37)28-23-12-7-9-14-26(23)36-17-15-21(18-27(28)36)19-34(2)3/h6-9,11-14,20-21H,4-5,10,15-19H2,1-3H3,(H,33,37,38). The summed E-state index contributed by atoms with van der Waals surface area (Å²) in [5, 5.41) is 4.74. The Morgan fingerprint density at radius 3 is 2.39 bits per heavy atom. The van der Waals surface area contributed by atoms with Crippen molar-refractivity contribution in [2.24, 2.45) is 5.92 Å². The molecular weight excluding hydrogens is 472 g/mol. The van der Waals surface area contributed by atoms with Crippen molar-refractivity contribution < 1.29 is 9.59 Å². The van der Waals surface area contributed by atoms with Crippen LogP contribution in [0, 0.1) is 5.92 Å². The molecule has 0 bridgehead atoms. The number of aromatic nitrogens is 2. The molecule has 6 rings (SSSR count). The molecular formula is C32H36N4O2. The maximum Gasteiger partial charge on any atom is 0.259 e. The highest BCUT2D eigenvalue weighted by atomic mass is 16.2. The number of hydrogen-bond donors (Lipinski definition) is 1. The largest absolute Gasteiger partial charge is 0.347 e. The maximum absolute atomic E-state index is 13.6. The molecule has 2 aromatic heterocycles. The lowest BCUT2D eigenvalue weighted by Crippen LogP contribution is -2.29. The number of benzene rings is 2. The molecule has 4 heterocycles. The topological polar surface area (TPSA) is 59.3 Å². The van der Waals surface area contributed by atoms with Gasteiger partial charge >= 0.3 is 0 Å². The Kier molecular flexibility index (Phi) is 6.44. The normalized spacial score (nSPS) is 17.7. The van der Waals surface area contributed by atoms with Crippen LogP contribution in [0.1, 0.15) is 49.4 Å². The van der Waals surface area contributed by atoms with Crippen molar-refractivity contribution in [2.45, 2.75) is 52.1 Å². The number of para-hydroxylation sites is 2. The smallest absolute Gasteiger partial charge is 0.259 e. The molecule has 0 aliphatic carbocycles. The highest BCUT2D eigenvalue weighted by Gasteiger charge is 2.38. The predicted octanol–water partition coefficient (Wildman–Crippen LogP) is 5.48. The zero-order chi connectivity index (χ0) is 26.4. The Morgan fingerprint density at radius 2 is 1.63 bits per heavy atom. The van der Waals surface area contributed by atoms with E-state index < -0.39 is 0 Å². The zero-order valence-electron chi connectivity index (χ0n) is 22.6. The SMILES string of the molecule is CCCCCn1cc(C2=C(c3c4n(c5ccccc35)CCC(CN(C)C)C4)C(=O)NC2=O)c2ccccc21. The summed E-state index contributed by atoms with van der Waals surface area (Å²) in [6.45, 7) is 5.02. The van der Waals surface area contributed by atoms with Gasteiger partial charge < -0.3 is 14.0 Å². The quantitative estimate of drug-likeness (QED) is 0.253. The van der Waals surface area contributed by atoms with Crippen LogP contribution in [0.4, 0.5) is 0 Å². The molecule has 1 atom stereocenters. The average molecular weight is 509 g/mol. The van der Waals surface area contributed by atoms with Gasteiger partial charge in [-0.2, -0.15) is 0 Å². The van der Waals surface area contributed by atoms with Gasteiger partial charge in [0.15, 0.2) is 0 Å². The van der Waals surface area contributed by atoms with Crippen LogP contribution in [0.15, 0.2) is 54.7 Å². The van der Waals surface area contributed by atoms with Crippen molar-refractivity contribution in [3.8, 4) is 0 Å². The third kappa shape index (κ3) is 4.08. The second-order valence-electron chi connectivity index (χ2n) is 11.1. The number of unbranched alkanes of at least 4 members (excludes halogenated alkanes) is 2. The van der Waals surface area contributed by atoms with E-state index in [0.717, 1.165) is 84.7 Å². The van der Waals surface area contributed by atoms with Crippen molar-refractivity contribution in [1.29, 1.82) is 0 Å². The number of nitrogens with one attached hydrogen (secondary N) is 1. The first-order valence-electron chi connectivity index (χ1n) is 13.9. The van der Waals surface area contributed by atoms with Crippen LogP contribution in [0.2, 0.25) is 0 Å². The number of fused-ring (bicyclic) bond motifs is 4. The van der Waals surface area contributed by atoms with E-state index in [0.29, 0.717) is 17.1 Å². The summed E-state index contributed by atoms with van der Waals surface area (Å²) in [5.74, 6) is -0.0851. The number of rotatable bonds is 8. The lowest BCUT2D eigenvalue weighted by atomic mass is 9.89. The highest BCUT2D eigenvalue weighted by molar-refractivity contribution is 6.51. The van der Waals surface area contributed by atoms with Gasteiger partial charge in [-0.15, -0.1) is 0 Å². The molecule has 1 N–H and O–H groups in total. The summed E-state index contributed by atoms with van der Waals surface area (Å²) in [6.07, 6.45) is 7.47. The summed E-state index contributed by atoms with van der Waals surface area (Å²) in [4.78, 5) is 29.3. The molecule has 38 heavy (non-hydrogen) atoms. The Labute approximate surface area is 223 Å². The molecule has 0 saturated carbocycles. The highest BCUT2D eigenvalue weighted by Crippen LogP contribution is 2.43. The Balaban J connectivity index is 1.58. The second kappa shape index (κ2) is 9.91. The van der Waals surface area contributed by atoms with Gasteiger partial charge in [0.1, 0.15) is 0 Å². The molecule has 0 spiro atoms. The summed E-state index contributed by atoms with van der Waals surface area (Å²) in [6, 6.07) is 16.6. The van der Waals surface area contributed by atoms with E-state index in [1.807, 2.05) is 18.2 Å². The minimum absolute atomic E-state index is 0.290. The maximum atomic E-state index is 13.6. The molecule has 2 amide bonds. The van der Waals surface area contributed by atoms with Gasteiger partial charge in [0.05, 0.1) is 11.1 Å². The number of carbonyl (C=O) groups excluding carboxylic acids is 2. The van der Waals surface area contributed by atoms with Gasteiger partial charge in [-0.3, -0.25) is 14.9 Å². The fourth-order valence-electron chi connectivity index (χ4n) is 6.58. The third-order valence-corrected chi connectivity index (χ3v) is 8.19. The van der Waals surface area contributed by atoms with Crippen molar-refractivity contribution in [1.82, 2.24) is 19.4 Å². The number of aryl methyl sites for hydroxylation is 2. The number of hydrogen-bond acceptors (Lipinski definition) is 3. The first kappa shape index (κ1) is 24.7. The minimum atomic E-state index is -0.300. The molecule has 6 heteroatoms. The molecule has 4 aromatic rings. The first-order valence-corrected chi connectivity index (χ1v) is 13.9. The number of nitrogens with zero attached hydrogens (tertiary/aromatic N) is 3. The molecule has 2 aromatic carbocycles. The van der Waals surface area contributed by atoms with E-state index in [1.54, 1.807) is 0 Å². The minimum Gasteiger partial charge on any atom is -0.347 e. The molecule has 2 aliphatic heterocycles. The Morgan fingerprint density at radius 1 is 0.921 bits per heavy atom. The number of carbonyl (C=O) groups is 2. The fourth-order valence-corrected chi connectivity index (χ4v) is 6.58. The van der Waals surface area contributed by atoms with E-state index >= 15 is 0 Å². The summed E-state index contributed by atoms with van der Waals surface area (Å²) in [5.41, 5.74) is 6.24. The molecule has 0 radical (unpaired) electrons. The van der Waals surface area contributed by atoms with E-state index in [-0.39, 0.29) is 11.8 Å². The van der Waals surface area contributed by atoms with Gasteiger partial charge in [0.2, 0.25) is 0 Å². The Bertz CT molecular complexity index is 1590. The lowest BCUT2D eigenvalue weighted by molar-refractivity contribution is -0.122. The van der Waals surface area contributed by atoms with Crippen molar-refractivity contribution in [3.63, 3.8) is 0 Å². The van der Waals surface area contributed by atoms with Gasteiger partial charge in [-0.25, -0.2) is 0 Å². The molecule has 0 saturated heterocycles. The van der Waals surface area contributed by atoms with Crippen LogP contribution in [0.5, 0.6) is 0 Å². The summed E-state index contributed by atoms with van der Waals surface area (Å²) in [7, 11) is 4.23. The summed E-state index contributed by atoms with van der Waals surface area (Å²) < 4.78 is 4.63. The van der Waals surface area contributed by atoms with Gasteiger partial charge in [-0.1, -0.05) is 56.2 Å². The van der Waals surface area contributed by atoms with Crippen LogP contribution in [-0.2, 0) is 29.1 Å². The van der Waals surface area contributed by atoms with E-state index in [1.165, 1.54) is 5.69 Å². The molecule has 0 fully saturated rings. The lowest BCUT2D eigenvalue weighted by Gasteiger charge is -2.28. The van der Waals surface area contributed by atoms with Gasteiger partial charge in [0, 0.05) is 64.5 Å².